The van der Waals surface area contributed by atoms with Crippen molar-refractivity contribution in [2.75, 3.05) is 13.2 Å². The van der Waals surface area contributed by atoms with Gasteiger partial charge in [0.2, 0.25) is 0 Å². The zero-order chi connectivity index (χ0) is 21.8. The first kappa shape index (κ1) is 20.8. The number of carbonyl (C=O) groups excluding carboxylic acids is 1. The van der Waals surface area contributed by atoms with Crippen LogP contribution in [-0.2, 0) is 9.53 Å². The number of nitrogens with one attached hydrogen (secondary N) is 1. The molecule has 6 heteroatoms. The molecule has 1 aromatic heterocycles. The molecule has 0 saturated carbocycles. The van der Waals surface area contributed by atoms with Gasteiger partial charge in [0.1, 0.15) is 11.7 Å². The Balaban J connectivity index is 1.92. The van der Waals surface area contributed by atoms with E-state index in [1.165, 1.54) is 0 Å². The topological polar surface area (TPSA) is 76.6 Å². The van der Waals surface area contributed by atoms with Gasteiger partial charge in [-0.2, -0.15) is 5.10 Å². The van der Waals surface area contributed by atoms with Crippen LogP contribution < -0.4 is 4.74 Å². The number of carbonyl (C=O) groups is 1. The number of hydrogen-bond donors (Lipinski definition) is 1. The first-order chi connectivity index (χ1) is 15.2. The Labute approximate surface area is 182 Å². The van der Waals surface area contributed by atoms with Crippen molar-refractivity contribution in [2.45, 2.75) is 33.1 Å². The van der Waals surface area contributed by atoms with Gasteiger partial charge in [0, 0.05) is 22.8 Å². The van der Waals surface area contributed by atoms with E-state index in [0.29, 0.717) is 24.7 Å². The number of benzene rings is 2. The number of hydrogen-bond acceptors (Lipinski definition) is 5. The van der Waals surface area contributed by atoms with Crippen LogP contribution in [0.25, 0.3) is 11.3 Å². The number of esters is 1. The lowest BCUT2D eigenvalue weighted by molar-refractivity contribution is -0.146. The molecule has 0 aliphatic carbocycles. The molecule has 2 unspecified atom stereocenters. The molecule has 2 heterocycles. The molecule has 3 aromatic rings. The Hall–Kier alpha value is -3.41. The van der Waals surface area contributed by atoms with Crippen molar-refractivity contribution in [2.24, 2.45) is 10.9 Å². The van der Waals surface area contributed by atoms with Gasteiger partial charge in [-0.3, -0.25) is 9.89 Å². The lowest BCUT2D eigenvalue weighted by atomic mass is 9.75. The number of para-hydroxylation sites is 1. The molecule has 0 spiro atoms. The van der Waals surface area contributed by atoms with E-state index in [0.717, 1.165) is 34.6 Å². The number of fused-ring (bicyclic) bond motifs is 1. The molecule has 2 atom stereocenters. The van der Waals surface area contributed by atoms with Gasteiger partial charge in [-0.25, -0.2) is 4.99 Å². The van der Waals surface area contributed by atoms with Crippen LogP contribution in [0.1, 0.15) is 44.2 Å². The average Bonchev–Trinajstić information content (AvgIpc) is 3.21. The standard InChI is InChI=1S/C25H27N3O3/c1-4-15-31-25(29)20-16(3)26-24-22(23(27-28-24)17-11-7-6-8-12-17)21(20)18-13-9-10-14-19(18)30-5-2/h6-14,20-21H,4-5,15H2,1-3H3,(H,27,28). The summed E-state index contributed by atoms with van der Waals surface area (Å²) >= 11 is 0. The zero-order valence-corrected chi connectivity index (χ0v) is 18.1. The maximum atomic E-state index is 13.2. The maximum Gasteiger partial charge on any atom is 0.315 e. The molecule has 2 aromatic carbocycles. The van der Waals surface area contributed by atoms with Gasteiger partial charge >= 0.3 is 5.97 Å². The summed E-state index contributed by atoms with van der Waals surface area (Å²) in [5, 5.41) is 7.64. The lowest BCUT2D eigenvalue weighted by Crippen LogP contribution is -2.33. The largest absolute Gasteiger partial charge is 0.494 e. The lowest BCUT2D eigenvalue weighted by Gasteiger charge is -2.31. The highest BCUT2D eigenvalue weighted by Gasteiger charge is 2.42. The molecule has 0 radical (unpaired) electrons. The Kier molecular flexibility index (Phi) is 6.16. The molecule has 0 fully saturated rings. The first-order valence-corrected chi connectivity index (χ1v) is 10.7. The van der Waals surface area contributed by atoms with E-state index in [9.17, 15) is 4.79 Å². The van der Waals surface area contributed by atoms with E-state index >= 15 is 0 Å². The summed E-state index contributed by atoms with van der Waals surface area (Å²) in [6, 6.07) is 17.8. The Morgan fingerprint density at radius 2 is 1.81 bits per heavy atom. The van der Waals surface area contributed by atoms with Gasteiger partial charge in [0.15, 0.2) is 5.82 Å². The summed E-state index contributed by atoms with van der Waals surface area (Å²) in [5.74, 6) is 0.205. The molecule has 31 heavy (non-hydrogen) atoms. The van der Waals surface area contributed by atoms with E-state index in [-0.39, 0.29) is 11.9 Å². The SMILES string of the molecule is CCCOC(=O)C1C(C)=Nc2n[nH]c(-c3ccccc3)c2C1c1ccccc1OCC. The molecule has 160 valence electrons. The van der Waals surface area contributed by atoms with Crippen molar-refractivity contribution in [3.8, 4) is 17.0 Å². The zero-order valence-electron chi connectivity index (χ0n) is 18.1. The molecule has 0 amide bonds. The van der Waals surface area contributed by atoms with Gasteiger partial charge in [-0.15, -0.1) is 0 Å². The maximum absolute atomic E-state index is 13.2. The van der Waals surface area contributed by atoms with Crippen LogP contribution in [-0.4, -0.2) is 35.1 Å². The van der Waals surface area contributed by atoms with E-state index in [1.54, 1.807) is 0 Å². The summed E-state index contributed by atoms with van der Waals surface area (Å²) < 4.78 is 11.5. The first-order valence-electron chi connectivity index (χ1n) is 10.7. The summed E-state index contributed by atoms with van der Waals surface area (Å²) in [7, 11) is 0. The monoisotopic (exact) mass is 417 g/mol. The number of rotatable bonds is 7. The Morgan fingerprint density at radius 3 is 2.55 bits per heavy atom. The Morgan fingerprint density at radius 1 is 1.06 bits per heavy atom. The molecule has 6 nitrogen and oxygen atoms in total. The smallest absolute Gasteiger partial charge is 0.315 e. The van der Waals surface area contributed by atoms with Crippen LogP contribution in [0.2, 0.25) is 0 Å². The van der Waals surface area contributed by atoms with Crippen molar-refractivity contribution >= 4 is 17.5 Å². The quantitative estimate of drug-likeness (QED) is 0.531. The number of aromatic nitrogens is 2. The van der Waals surface area contributed by atoms with Gasteiger partial charge in [0.25, 0.3) is 0 Å². The van der Waals surface area contributed by atoms with Crippen molar-refractivity contribution < 1.29 is 14.3 Å². The third-order valence-electron chi connectivity index (χ3n) is 5.48. The fourth-order valence-corrected chi connectivity index (χ4v) is 4.15. The predicted molar refractivity (Wildman–Crippen MR) is 121 cm³/mol. The van der Waals surface area contributed by atoms with Crippen LogP contribution in [0, 0.1) is 5.92 Å². The number of ether oxygens (including phenoxy) is 2. The third-order valence-corrected chi connectivity index (χ3v) is 5.48. The van der Waals surface area contributed by atoms with Crippen LogP contribution >= 0.6 is 0 Å². The van der Waals surface area contributed by atoms with Crippen molar-refractivity contribution in [1.82, 2.24) is 10.2 Å². The third kappa shape index (κ3) is 3.98. The molecule has 1 aliphatic heterocycles. The second-order valence-corrected chi connectivity index (χ2v) is 7.55. The molecule has 0 saturated heterocycles. The van der Waals surface area contributed by atoms with Gasteiger partial charge < -0.3 is 9.47 Å². The number of H-pyrrole nitrogens is 1. The fourth-order valence-electron chi connectivity index (χ4n) is 4.15. The van der Waals surface area contributed by atoms with Gasteiger partial charge in [0.05, 0.1) is 18.9 Å². The van der Waals surface area contributed by atoms with Gasteiger partial charge in [-0.1, -0.05) is 55.5 Å². The van der Waals surface area contributed by atoms with E-state index in [4.69, 9.17) is 9.47 Å². The van der Waals surface area contributed by atoms with Crippen LogP contribution in [0.4, 0.5) is 5.82 Å². The predicted octanol–water partition coefficient (Wildman–Crippen LogP) is 5.28. The number of nitrogens with zero attached hydrogens (tertiary/aromatic N) is 2. The van der Waals surface area contributed by atoms with Crippen LogP contribution in [0.5, 0.6) is 5.75 Å². The summed E-state index contributed by atoms with van der Waals surface area (Å²) in [6.45, 7) is 6.72. The van der Waals surface area contributed by atoms with E-state index in [2.05, 4.69) is 15.2 Å². The number of aliphatic imine (C=N–C) groups is 1. The summed E-state index contributed by atoms with van der Waals surface area (Å²) in [5.41, 5.74) is 4.36. The Bertz CT molecular complexity index is 1090. The van der Waals surface area contributed by atoms with Crippen LogP contribution in [0.15, 0.2) is 59.6 Å². The molecule has 0 bridgehead atoms. The number of aromatic amines is 1. The second-order valence-electron chi connectivity index (χ2n) is 7.55. The highest BCUT2D eigenvalue weighted by Crippen LogP contribution is 2.48. The van der Waals surface area contributed by atoms with Crippen LogP contribution in [0.3, 0.4) is 0 Å². The summed E-state index contributed by atoms with van der Waals surface area (Å²) in [4.78, 5) is 17.9. The second kappa shape index (κ2) is 9.16. The molecule has 1 aliphatic rings. The fraction of sp³-hybridized carbons (Fsp3) is 0.320. The minimum Gasteiger partial charge on any atom is -0.494 e. The van der Waals surface area contributed by atoms with Crippen molar-refractivity contribution in [3.05, 3.63) is 65.7 Å². The summed E-state index contributed by atoms with van der Waals surface area (Å²) in [6.07, 6.45) is 0.765. The molecular formula is C25H27N3O3. The average molecular weight is 418 g/mol. The normalized spacial score (nSPS) is 17.6. The van der Waals surface area contributed by atoms with E-state index < -0.39 is 5.92 Å². The molecular weight excluding hydrogens is 390 g/mol. The van der Waals surface area contributed by atoms with Crippen molar-refractivity contribution in [3.63, 3.8) is 0 Å². The minimum atomic E-state index is -0.555. The van der Waals surface area contributed by atoms with Crippen molar-refractivity contribution in [1.29, 1.82) is 0 Å². The minimum absolute atomic E-state index is 0.273. The highest BCUT2D eigenvalue weighted by molar-refractivity contribution is 6.05. The highest BCUT2D eigenvalue weighted by atomic mass is 16.5. The molecule has 4 rings (SSSR count). The van der Waals surface area contributed by atoms with Gasteiger partial charge in [-0.05, 0) is 31.9 Å². The van der Waals surface area contributed by atoms with E-state index in [1.807, 2.05) is 75.4 Å². The molecule has 1 N–H and O–H groups in total.